The minimum Gasteiger partial charge on any atom is -0.396 e. The van der Waals surface area contributed by atoms with Crippen LogP contribution in [0.4, 0.5) is 4.39 Å². The molecular weight excluding hydrogens is 197 g/mol. The van der Waals surface area contributed by atoms with Crippen molar-refractivity contribution in [3.8, 4) is 0 Å². The molecule has 0 aliphatic carbocycles. The van der Waals surface area contributed by atoms with Gasteiger partial charge in [-0.2, -0.15) is 0 Å². The Kier molecular flexibility index (Phi) is 3.59. The fourth-order valence-corrected chi connectivity index (χ4v) is 1.07. The van der Waals surface area contributed by atoms with Crippen molar-refractivity contribution in [3.63, 3.8) is 0 Å². The number of halogens is 2. The largest absolute Gasteiger partial charge is 0.396 e. The van der Waals surface area contributed by atoms with Gasteiger partial charge in [-0.05, 0) is 6.07 Å². The van der Waals surface area contributed by atoms with Crippen molar-refractivity contribution in [1.82, 2.24) is 4.98 Å². The second-order valence-electron chi connectivity index (χ2n) is 2.55. The van der Waals surface area contributed by atoms with E-state index < -0.39 is 11.9 Å². The molecule has 1 atom stereocenters. The summed E-state index contributed by atoms with van der Waals surface area (Å²) in [7, 11) is 0. The minimum absolute atomic E-state index is 0.0611. The van der Waals surface area contributed by atoms with E-state index in [4.69, 9.17) is 16.7 Å². The van der Waals surface area contributed by atoms with Crippen molar-refractivity contribution in [2.24, 2.45) is 0 Å². The quantitative estimate of drug-likeness (QED) is 0.782. The standard InChI is InChI=1S/C8H9ClFNO2/c9-5-3-6(10)8(11-4-5)7(13)1-2-12/h3-4,7,12-13H,1-2H2. The number of aromatic nitrogens is 1. The van der Waals surface area contributed by atoms with Gasteiger partial charge in [-0.1, -0.05) is 11.6 Å². The van der Waals surface area contributed by atoms with Crippen molar-refractivity contribution in [3.05, 3.63) is 28.8 Å². The fourth-order valence-electron chi connectivity index (χ4n) is 0.929. The summed E-state index contributed by atoms with van der Waals surface area (Å²) in [5, 5.41) is 18.0. The summed E-state index contributed by atoms with van der Waals surface area (Å²) < 4.78 is 13.0. The smallest absolute Gasteiger partial charge is 0.148 e. The lowest BCUT2D eigenvalue weighted by atomic mass is 10.1. The van der Waals surface area contributed by atoms with Gasteiger partial charge in [0, 0.05) is 19.2 Å². The molecule has 1 unspecified atom stereocenters. The molecule has 2 N–H and O–H groups in total. The van der Waals surface area contributed by atoms with Crippen LogP contribution in [0.2, 0.25) is 5.02 Å². The van der Waals surface area contributed by atoms with Crippen LogP contribution in [0.3, 0.4) is 0 Å². The Labute approximate surface area is 79.8 Å². The molecule has 0 aliphatic heterocycles. The van der Waals surface area contributed by atoms with Gasteiger partial charge in [-0.3, -0.25) is 4.98 Å². The Morgan fingerprint density at radius 2 is 2.31 bits per heavy atom. The summed E-state index contributed by atoms with van der Waals surface area (Å²) in [6, 6.07) is 1.07. The molecule has 13 heavy (non-hydrogen) atoms. The normalized spacial score (nSPS) is 12.9. The van der Waals surface area contributed by atoms with Gasteiger partial charge in [0.05, 0.1) is 5.02 Å². The van der Waals surface area contributed by atoms with Crippen LogP contribution < -0.4 is 0 Å². The first-order valence-corrected chi connectivity index (χ1v) is 4.13. The molecule has 0 saturated heterocycles. The molecule has 0 fully saturated rings. The average molecular weight is 206 g/mol. The lowest BCUT2D eigenvalue weighted by Gasteiger charge is -2.08. The van der Waals surface area contributed by atoms with E-state index in [1.165, 1.54) is 6.20 Å². The molecule has 1 rings (SSSR count). The van der Waals surface area contributed by atoms with Crippen LogP contribution in [0.25, 0.3) is 0 Å². The molecule has 0 bridgehead atoms. The van der Waals surface area contributed by atoms with Gasteiger partial charge in [-0.25, -0.2) is 4.39 Å². The zero-order valence-corrected chi connectivity index (χ0v) is 7.50. The molecule has 0 aromatic carbocycles. The van der Waals surface area contributed by atoms with Crippen molar-refractivity contribution in [2.45, 2.75) is 12.5 Å². The Balaban J connectivity index is 2.88. The summed E-state index contributed by atoms with van der Waals surface area (Å²) in [5.41, 5.74) is -0.0848. The van der Waals surface area contributed by atoms with Crippen molar-refractivity contribution in [2.75, 3.05) is 6.61 Å². The maximum absolute atomic E-state index is 13.0. The highest BCUT2D eigenvalue weighted by Crippen LogP contribution is 2.19. The third-order valence-electron chi connectivity index (χ3n) is 1.55. The maximum atomic E-state index is 13.0. The first kappa shape index (κ1) is 10.4. The van der Waals surface area contributed by atoms with Crippen LogP contribution in [0, 0.1) is 5.82 Å². The van der Waals surface area contributed by atoms with Crippen LogP contribution in [0.5, 0.6) is 0 Å². The summed E-state index contributed by atoms with van der Waals surface area (Å²) in [6.07, 6.45) is 0.230. The fraction of sp³-hybridized carbons (Fsp3) is 0.375. The first-order chi connectivity index (χ1) is 6.15. The van der Waals surface area contributed by atoms with Gasteiger partial charge >= 0.3 is 0 Å². The number of aliphatic hydroxyl groups is 2. The van der Waals surface area contributed by atoms with Crippen molar-refractivity contribution < 1.29 is 14.6 Å². The molecule has 0 aliphatic rings. The first-order valence-electron chi connectivity index (χ1n) is 3.75. The topological polar surface area (TPSA) is 53.4 Å². The molecule has 0 radical (unpaired) electrons. The average Bonchev–Trinajstić information content (AvgIpc) is 2.04. The summed E-state index contributed by atoms with van der Waals surface area (Å²) in [5.74, 6) is -0.659. The Bertz CT molecular complexity index is 295. The zero-order chi connectivity index (χ0) is 9.84. The van der Waals surface area contributed by atoms with Gasteiger partial charge in [0.2, 0.25) is 0 Å². The minimum atomic E-state index is -1.08. The maximum Gasteiger partial charge on any atom is 0.148 e. The monoisotopic (exact) mass is 205 g/mol. The Hall–Kier alpha value is -0.710. The molecule has 0 amide bonds. The number of rotatable bonds is 3. The summed E-state index contributed by atoms with van der Waals surface area (Å²) >= 11 is 5.47. The predicted octanol–water partition coefficient (Wildman–Crippen LogP) is 1.29. The molecule has 3 nitrogen and oxygen atoms in total. The summed E-state index contributed by atoms with van der Waals surface area (Å²) in [6.45, 7) is -0.217. The molecule has 1 aromatic rings. The third kappa shape index (κ3) is 2.62. The molecule has 0 spiro atoms. The molecular formula is C8H9ClFNO2. The Morgan fingerprint density at radius 3 is 2.85 bits per heavy atom. The van der Waals surface area contributed by atoms with Gasteiger partial charge in [0.25, 0.3) is 0 Å². The number of pyridine rings is 1. The second kappa shape index (κ2) is 4.50. The number of hydrogen-bond donors (Lipinski definition) is 2. The lowest BCUT2D eigenvalue weighted by molar-refractivity contribution is 0.127. The number of nitrogens with zero attached hydrogens (tertiary/aromatic N) is 1. The van der Waals surface area contributed by atoms with Crippen molar-refractivity contribution in [1.29, 1.82) is 0 Å². The second-order valence-corrected chi connectivity index (χ2v) is 2.99. The van der Waals surface area contributed by atoms with Crippen LogP contribution in [-0.4, -0.2) is 21.8 Å². The number of hydrogen-bond acceptors (Lipinski definition) is 3. The van der Waals surface area contributed by atoms with E-state index in [0.29, 0.717) is 0 Å². The van der Waals surface area contributed by atoms with E-state index in [1.807, 2.05) is 0 Å². The SMILES string of the molecule is OCCC(O)c1ncc(Cl)cc1F. The van der Waals surface area contributed by atoms with E-state index in [0.717, 1.165) is 6.07 Å². The van der Waals surface area contributed by atoms with E-state index in [9.17, 15) is 9.50 Å². The number of aliphatic hydroxyl groups excluding tert-OH is 2. The van der Waals surface area contributed by atoms with Crippen molar-refractivity contribution >= 4 is 11.6 Å². The zero-order valence-electron chi connectivity index (χ0n) is 6.74. The van der Waals surface area contributed by atoms with Crippen LogP contribution in [-0.2, 0) is 0 Å². The predicted molar refractivity (Wildman–Crippen MR) is 45.9 cm³/mol. The van der Waals surface area contributed by atoms with E-state index in [-0.39, 0.29) is 23.7 Å². The highest BCUT2D eigenvalue weighted by atomic mass is 35.5. The van der Waals surface area contributed by atoms with Gasteiger partial charge in [0.1, 0.15) is 17.6 Å². The highest BCUT2D eigenvalue weighted by Gasteiger charge is 2.13. The van der Waals surface area contributed by atoms with Gasteiger partial charge < -0.3 is 10.2 Å². The molecule has 1 heterocycles. The van der Waals surface area contributed by atoms with Gasteiger partial charge in [0.15, 0.2) is 0 Å². The molecule has 5 heteroatoms. The lowest BCUT2D eigenvalue weighted by Crippen LogP contribution is -2.05. The summed E-state index contributed by atoms with van der Waals surface area (Å²) in [4.78, 5) is 3.63. The van der Waals surface area contributed by atoms with Crippen LogP contribution >= 0.6 is 11.6 Å². The van der Waals surface area contributed by atoms with E-state index >= 15 is 0 Å². The molecule has 0 saturated carbocycles. The van der Waals surface area contributed by atoms with Gasteiger partial charge in [-0.15, -0.1) is 0 Å². The molecule has 1 aromatic heterocycles. The van der Waals surface area contributed by atoms with Crippen LogP contribution in [0.1, 0.15) is 18.2 Å². The Morgan fingerprint density at radius 1 is 1.62 bits per heavy atom. The third-order valence-corrected chi connectivity index (χ3v) is 1.76. The molecule has 72 valence electrons. The van der Waals surface area contributed by atoms with E-state index in [1.54, 1.807) is 0 Å². The van der Waals surface area contributed by atoms with Crippen LogP contribution in [0.15, 0.2) is 12.3 Å². The highest BCUT2D eigenvalue weighted by molar-refractivity contribution is 6.30. The van der Waals surface area contributed by atoms with E-state index in [2.05, 4.69) is 4.98 Å².